The number of hydrogen-bond acceptors (Lipinski definition) is 4. The minimum atomic E-state index is 0.00614. The second-order valence-electron chi connectivity index (χ2n) is 5.59. The van der Waals surface area contributed by atoms with Gasteiger partial charge < -0.3 is 10.6 Å². The third-order valence-corrected chi connectivity index (χ3v) is 4.81. The molecule has 21 heavy (non-hydrogen) atoms. The normalized spacial score (nSPS) is 17.6. The van der Waals surface area contributed by atoms with Crippen molar-refractivity contribution in [2.75, 3.05) is 25.4 Å². The Morgan fingerprint density at radius 1 is 1.48 bits per heavy atom. The summed E-state index contributed by atoms with van der Waals surface area (Å²) in [5.41, 5.74) is 6.60. The zero-order valence-electron chi connectivity index (χ0n) is 12.6. The number of carbonyl (C=O) groups is 1. The van der Waals surface area contributed by atoms with Crippen molar-refractivity contribution >= 4 is 17.7 Å². The van der Waals surface area contributed by atoms with E-state index in [1.54, 1.807) is 12.3 Å². The zero-order chi connectivity index (χ0) is 15.3. The van der Waals surface area contributed by atoms with Crippen molar-refractivity contribution in [3.63, 3.8) is 0 Å². The summed E-state index contributed by atoms with van der Waals surface area (Å²) in [5, 5.41) is 0. The molecule has 0 saturated carbocycles. The molecule has 1 fully saturated rings. The Labute approximate surface area is 130 Å². The van der Waals surface area contributed by atoms with Crippen molar-refractivity contribution in [1.29, 1.82) is 0 Å². The molecule has 4 nitrogen and oxygen atoms in total. The SMILES string of the molecule is CC1(C)CCN(C(=O)c2ccc(C#CCN)cn2)CCS1. The molecule has 0 spiro atoms. The van der Waals surface area contributed by atoms with Gasteiger partial charge in [-0.3, -0.25) is 4.79 Å². The Bertz CT molecular complexity index is 557. The standard InChI is InChI=1S/C16H21N3OS/c1-16(2)7-9-19(10-11-21-16)15(20)14-6-5-13(12-18-14)4-3-8-17/h5-6,12H,7-11,17H2,1-2H3. The molecule has 1 aliphatic rings. The molecule has 1 aliphatic heterocycles. The number of pyridine rings is 1. The van der Waals surface area contributed by atoms with E-state index in [1.807, 2.05) is 22.7 Å². The Morgan fingerprint density at radius 3 is 2.95 bits per heavy atom. The number of rotatable bonds is 1. The fourth-order valence-electron chi connectivity index (χ4n) is 2.13. The number of amides is 1. The van der Waals surface area contributed by atoms with Crippen molar-refractivity contribution < 1.29 is 4.79 Å². The average molecular weight is 303 g/mol. The molecule has 0 radical (unpaired) electrons. The van der Waals surface area contributed by atoms with Gasteiger partial charge in [-0.2, -0.15) is 11.8 Å². The van der Waals surface area contributed by atoms with Crippen LogP contribution in [-0.2, 0) is 0 Å². The number of nitrogens with two attached hydrogens (primary N) is 1. The van der Waals surface area contributed by atoms with Crippen LogP contribution >= 0.6 is 11.8 Å². The third-order valence-electron chi connectivity index (χ3n) is 3.44. The molecule has 0 aromatic carbocycles. The molecule has 112 valence electrons. The van der Waals surface area contributed by atoms with E-state index in [1.165, 1.54) is 0 Å². The number of carbonyl (C=O) groups excluding carboxylic acids is 1. The smallest absolute Gasteiger partial charge is 0.272 e. The predicted molar refractivity (Wildman–Crippen MR) is 87.2 cm³/mol. The van der Waals surface area contributed by atoms with Crippen molar-refractivity contribution in [3.05, 3.63) is 29.6 Å². The largest absolute Gasteiger partial charge is 0.336 e. The van der Waals surface area contributed by atoms with E-state index in [4.69, 9.17) is 5.73 Å². The topological polar surface area (TPSA) is 59.2 Å². The molecule has 1 aromatic rings. The van der Waals surface area contributed by atoms with Crippen LogP contribution in [0.15, 0.2) is 18.3 Å². The maximum atomic E-state index is 12.5. The van der Waals surface area contributed by atoms with Gasteiger partial charge in [0.05, 0.1) is 6.54 Å². The molecule has 5 heteroatoms. The second-order valence-corrected chi connectivity index (χ2v) is 7.39. The predicted octanol–water partition coefficient (Wildman–Crippen LogP) is 1.75. The molecule has 0 unspecified atom stereocenters. The van der Waals surface area contributed by atoms with Gasteiger partial charge in [-0.15, -0.1) is 0 Å². The van der Waals surface area contributed by atoms with Crippen LogP contribution < -0.4 is 5.73 Å². The van der Waals surface area contributed by atoms with E-state index < -0.39 is 0 Å². The lowest BCUT2D eigenvalue weighted by atomic mass is 10.1. The van der Waals surface area contributed by atoms with Crippen LogP contribution in [-0.4, -0.2) is 45.9 Å². The second kappa shape index (κ2) is 6.97. The van der Waals surface area contributed by atoms with Gasteiger partial charge >= 0.3 is 0 Å². The quantitative estimate of drug-likeness (QED) is 0.803. The first-order valence-electron chi connectivity index (χ1n) is 7.10. The van der Waals surface area contributed by atoms with E-state index in [0.717, 1.165) is 30.8 Å². The summed E-state index contributed by atoms with van der Waals surface area (Å²) in [5.74, 6) is 6.66. The van der Waals surface area contributed by atoms with Crippen molar-refractivity contribution in [2.24, 2.45) is 5.73 Å². The Morgan fingerprint density at radius 2 is 2.29 bits per heavy atom. The first-order valence-corrected chi connectivity index (χ1v) is 8.09. The number of hydrogen-bond donors (Lipinski definition) is 1. The van der Waals surface area contributed by atoms with Gasteiger partial charge in [-0.05, 0) is 18.6 Å². The zero-order valence-corrected chi connectivity index (χ0v) is 13.4. The average Bonchev–Trinajstić information content (AvgIpc) is 2.66. The van der Waals surface area contributed by atoms with Gasteiger partial charge in [0.1, 0.15) is 5.69 Å². The molecule has 2 heterocycles. The molecule has 2 rings (SSSR count). The number of nitrogens with zero attached hydrogens (tertiary/aromatic N) is 2. The fourth-order valence-corrected chi connectivity index (χ4v) is 3.23. The Balaban J connectivity index is 2.06. The molecule has 0 bridgehead atoms. The summed E-state index contributed by atoms with van der Waals surface area (Å²) in [4.78, 5) is 18.6. The summed E-state index contributed by atoms with van der Waals surface area (Å²) in [7, 11) is 0. The molecular weight excluding hydrogens is 282 g/mol. The van der Waals surface area contributed by atoms with Crippen LogP contribution in [0, 0.1) is 11.8 Å². The van der Waals surface area contributed by atoms with Crippen LogP contribution in [0.3, 0.4) is 0 Å². The van der Waals surface area contributed by atoms with Gasteiger partial charge in [0.15, 0.2) is 0 Å². The van der Waals surface area contributed by atoms with Crippen LogP contribution in [0.25, 0.3) is 0 Å². The Kier molecular flexibility index (Phi) is 5.27. The maximum Gasteiger partial charge on any atom is 0.272 e. The number of thioether (sulfide) groups is 1. The van der Waals surface area contributed by atoms with Gasteiger partial charge in [0.25, 0.3) is 5.91 Å². The highest BCUT2D eigenvalue weighted by Crippen LogP contribution is 2.30. The van der Waals surface area contributed by atoms with E-state index in [2.05, 4.69) is 30.7 Å². The highest BCUT2D eigenvalue weighted by molar-refractivity contribution is 8.00. The van der Waals surface area contributed by atoms with Crippen LogP contribution in [0.1, 0.15) is 36.3 Å². The summed E-state index contributed by atoms with van der Waals surface area (Å²) >= 11 is 1.92. The van der Waals surface area contributed by atoms with Gasteiger partial charge in [0, 0.05) is 35.3 Å². The summed E-state index contributed by atoms with van der Waals surface area (Å²) in [6.07, 6.45) is 2.63. The monoisotopic (exact) mass is 303 g/mol. The summed E-state index contributed by atoms with van der Waals surface area (Å²) in [6, 6.07) is 3.56. The first-order chi connectivity index (χ1) is 10.0. The van der Waals surface area contributed by atoms with E-state index in [0.29, 0.717) is 12.2 Å². The van der Waals surface area contributed by atoms with Gasteiger partial charge in [0.2, 0.25) is 0 Å². The highest BCUT2D eigenvalue weighted by Gasteiger charge is 2.26. The molecule has 0 atom stereocenters. The lowest BCUT2D eigenvalue weighted by Crippen LogP contribution is -2.34. The first kappa shape index (κ1) is 15.9. The molecular formula is C16H21N3OS. The fraction of sp³-hybridized carbons (Fsp3) is 0.500. The summed E-state index contributed by atoms with van der Waals surface area (Å²) < 4.78 is 0.240. The lowest BCUT2D eigenvalue weighted by Gasteiger charge is -2.22. The van der Waals surface area contributed by atoms with Crippen LogP contribution in [0.5, 0.6) is 0 Å². The highest BCUT2D eigenvalue weighted by atomic mass is 32.2. The molecule has 0 aliphatic carbocycles. The lowest BCUT2D eigenvalue weighted by molar-refractivity contribution is 0.0758. The molecule has 1 amide bonds. The minimum Gasteiger partial charge on any atom is -0.336 e. The maximum absolute atomic E-state index is 12.5. The van der Waals surface area contributed by atoms with Gasteiger partial charge in [-0.1, -0.05) is 25.7 Å². The van der Waals surface area contributed by atoms with Crippen molar-refractivity contribution in [1.82, 2.24) is 9.88 Å². The number of aromatic nitrogens is 1. The van der Waals surface area contributed by atoms with Crippen LogP contribution in [0.4, 0.5) is 0 Å². The third kappa shape index (κ3) is 4.48. The Hall–Kier alpha value is -1.51. The molecule has 2 N–H and O–H groups in total. The minimum absolute atomic E-state index is 0.00614. The van der Waals surface area contributed by atoms with Gasteiger partial charge in [-0.25, -0.2) is 4.98 Å². The van der Waals surface area contributed by atoms with E-state index in [-0.39, 0.29) is 10.7 Å². The summed E-state index contributed by atoms with van der Waals surface area (Å²) in [6.45, 7) is 6.35. The van der Waals surface area contributed by atoms with Crippen molar-refractivity contribution in [3.8, 4) is 11.8 Å². The molecule has 1 aromatic heterocycles. The molecule has 1 saturated heterocycles. The van der Waals surface area contributed by atoms with E-state index in [9.17, 15) is 4.79 Å². The van der Waals surface area contributed by atoms with E-state index >= 15 is 0 Å². The van der Waals surface area contributed by atoms with Crippen molar-refractivity contribution in [2.45, 2.75) is 25.0 Å². The van der Waals surface area contributed by atoms with Crippen LogP contribution in [0.2, 0.25) is 0 Å².